The number of nitrogens with one attached hydrogen (secondary N) is 1. The molecule has 1 amide bonds. The fourth-order valence-electron chi connectivity index (χ4n) is 3.21. The number of carbonyl (C=O) groups excluding carboxylic acids is 1. The lowest BCUT2D eigenvalue weighted by molar-refractivity contribution is -0.126. The summed E-state index contributed by atoms with van der Waals surface area (Å²) in [4.78, 5) is 16.3. The average molecular weight is 329 g/mol. The lowest BCUT2D eigenvalue weighted by Gasteiger charge is -2.30. The van der Waals surface area contributed by atoms with Crippen molar-refractivity contribution in [2.45, 2.75) is 38.6 Å². The Kier molecular flexibility index (Phi) is 7.00. The van der Waals surface area contributed by atoms with Crippen LogP contribution in [0.4, 0.5) is 0 Å². The van der Waals surface area contributed by atoms with Crippen LogP contribution in [0.15, 0.2) is 47.9 Å². The van der Waals surface area contributed by atoms with Crippen molar-refractivity contribution in [3.05, 3.63) is 47.9 Å². The first-order chi connectivity index (χ1) is 11.5. The van der Waals surface area contributed by atoms with Gasteiger partial charge in [0.05, 0.1) is 0 Å². The molecule has 0 saturated carbocycles. The van der Waals surface area contributed by atoms with E-state index in [1.807, 2.05) is 31.5 Å². The number of likely N-dealkylation sites (N-methyl/N-ethyl adjacent to an activating group) is 1. The van der Waals surface area contributed by atoms with Gasteiger partial charge in [-0.1, -0.05) is 30.7 Å². The second-order valence-electron chi connectivity index (χ2n) is 7.08. The summed E-state index contributed by atoms with van der Waals surface area (Å²) in [5, 5.41) is 3.43. The van der Waals surface area contributed by atoms with Crippen LogP contribution < -0.4 is 5.32 Å². The third-order valence-electron chi connectivity index (χ3n) is 4.71. The molecule has 1 aliphatic heterocycles. The van der Waals surface area contributed by atoms with E-state index in [2.05, 4.69) is 43.4 Å². The molecule has 0 spiro atoms. The van der Waals surface area contributed by atoms with Crippen LogP contribution in [0.25, 0.3) is 0 Å². The van der Waals surface area contributed by atoms with E-state index in [1.165, 1.54) is 12.0 Å². The molecule has 4 heteroatoms. The normalized spacial score (nSPS) is 22.5. The second kappa shape index (κ2) is 9.00. The zero-order valence-electron chi connectivity index (χ0n) is 15.5. The molecular weight excluding hydrogens is 298 g/mol. The third kappa shape index (κ3) is 5.18. The number of rotatable bonds is 7. The van der Waals surface area contributed by atoms with Gasteiger partial charge in [-0.3, -0.25) is 9.69 Å². The summed E-state index contributed by atoms with van der Waals surface area (Å²) in [7, 11) is 6.25. The zero-order chi connectivity index (χ0) is 17.5. The number of amides is 1. The lowest BCUT2D eigenvalue weighted by atomic mass is 9.88. The van der Waals surface area contributed by atoms with E-state index in [1.54, 1.807) is 4.90 Å². The number of hydrogen-bond acceptors (Lipinski definition) is 3. The Morgan fingerprint density at radius 3 is 2.83 bits per heavy atom. The Morgan fingerprint density at radius 1 is 1.33 bits per heavy atom. The molecule has 1 N–H and O–H groups in total. The first-order valence-corrected chi connectivity index (χ1v) is 8.88. The smallest absolute Gasteiger partial charge is 0.234 e. The molecule has 0 radical (unpaired) electrons. The molecule has 0 aromatic carbocycles. The predicted molar refractivity (Wildman–Crippen MR) is 100 cm³/mol. The van der Waals surface area contributed by atoms with E-state index >= 15 is 0 Å². The molecule has 24 heavy (non-hydrogen) atoms. The highest BCUT2D eigenvalue weighted by molar-refractivity contribution is 5.81. The van der Waals surface area contributed by atoms with E-state index in [9.17, 15) is 4.79 Å². The van der Waals surface area contributed by atoms with Crippen molar-refractivity contribution in [2.24, 2.45) is 5.92 Å². The van der Waals surface area contributed by atoms with Gasteiger partial charge in [-0.25, -0.2) is 0 Å². The van der Waals surface area contributed by atoms with Crippen LogP contribution in [0.3, 0.4) is 0 Å². The maximum Gasteiger partial charge on any atom is 0.234 e. The van der Waals surface area contributed by atoms with Crippen molar-refractivity contribution in [1.29, 1.82) is 0 Å². The molecule has 2 atom stereocenters. The summed E-state index contributed by atoms with van der Waals surface area (Å²) in [5.74, 6) is 0.797. The molecular formula is C20H31N3O. The van der Waals surface area contributed by atoms with Gasteiger partial charge >= 0.3 is 0 Å². The number of allylic oxidation sites excluding steroid dienone is 4. The summed E-state index contributed by atoms with van der Waals surface area (Å²) in [6.07, 6.45) is 15.6. The highest BCUT2D eigenvalue weighted by Gasteiger charge is 2.24. The molecule has 0 fully saturated rings. The summed E-state index contributed by atoms with van der Waals surface area (Å²) >= 11 is 0. The molecule has 1 aliphatic carbocycles. The predicted octanol–water partition coefficient (Wildman–Crippen LogP) is 3.07. The molecule has 0 aromatic heterocycles. The summed E-state index contributed by atoms with van der Waals surface area (Å²) in [5.41, 5.74) is 2.51. The van der Waals surface area contributed by atoms with E-state index in [-0.39, 0.29) is 5.91 Å². The van der Waals surface area contributed by atoms with Crippen molar-refractivity contribution < 1.29 is 4.79 Å². The van der Waals surface area contributed by atoms with Crippen molar-refractivity contribution >= 4 is 5.91 Å². The van der Waals surface area contributed by atoms with E-state index in [4.69, 9.17) is 0 Å². The number of hydrogen-bond donors (Lipinski definition) is 1. The lowest BCUT2D eigenvalue weighted by Crippen LogP contribution is -2.35. The minimum absolute atomic E-state index is 0.136. The first kappa shape index (κ1) is 18.7. The zero-order valence-corrected chi connectivity index (χ0v) is 15.5. The van der Waals surface area contributed by atoms with Gasteiger partial charge in [-0.05, 0) is 58.6 Å². The molecule has 4 nitrogen and oxygen atoms in total. The highest BCUT2D eigenvalue weighted by atomic mass is 16.2. The summed E-state index contributed by atoms with van der Waals surface area (Å²) < 4.78 is 0. The van der Waals surface area contributed by atoms with Gasteiger partial charge in [0, 0.05) is 30.8 Å². The van der Waals surface area contributed by atoms with Crippen LogP contribution in [0.5, 0.6) is 0 Å². The van der Waals surface area contributed by atoms with Crippen LogP contribution >= 0.6 is 0 Å². The standard InChI is InChI=1S/C20H31N3O/c1-16(11-13-22(3)4)14-17-9-10-18(15-19(17)21-2)23-12-7-5-6-8-20(23)24/h5-7,9-10,12,16,19,21H,8,11,13-15H2,1-4H3. The average Bonchev–Trinajstić information content (AvgIpc) is 2.78. The van der Waals surface area contributed by atoms with Gasteiger partial charge in [0.15, 0.2) is 0 Å². The molecule has 2 unspecified atom stereocenters. The van der Waals surface area contributed by atoms with Gasteiger partial charge in [-0.15, -0.1) is 0 Å². The molecule has 0 aromatic rings. The fraction of sp³-hybridized carbons (Fsp3) is 0.550. The second-order valence-corrected chi connectivity index (χ2v) is 7.08. The number of carbonyl (C=O) groups is 1. The molecule has 0 saturated heterocycles. The molecule has 1 heterocycles. The Labute approximate surface area is 146 Å². The van der Waals surface area contributed by atoms with Crippen molar-refractivity contribution in [2.75, 3.05) is 27.7 Å². The maximum atomic E-state index is 12.3. The minimum Gasteiger partial charge on any atom is -0.313 e. The van der Waals surface area contributed by atoms with Crippen molar-refractivity contribution in [1.82, 2.24) is 15.1 Å². The molecule has 132 valence electrons. The monoisotopic (exact) mass is 329 g/mol. The first-order valence-electron chi connectivity index (χ1n) is 8.88. The SMILES string of the molecule is CNC1CC(N2C=CC=CCC2=O)=CC=C1CC(C)CCN(C)C. The maximum absolute atomic E-state index is 12.3. The van der Waals surface area contributed by atoms with Crippen molar-refractivity contribution in [3.63, 3.8) is 0 Å². The van der Waals surface area contributed by atoms with Crippen LogP contribution in [-0.4, -0.2) is 49.4 Å². The van der Waals surface area contributed by atoms with E-state index in [0.29, 0.717) is 18.4 Å². The summed E-state index contributed by atoms with van der Waals surface area (Å²) in [6, 6.07) is 0.309. The van der Waals surface area contributed by atoms with Crippen LogP contribution in [-0.2, 0) is 4.79 Å². The quantitative estimate of drug-likeness (QED) is 0.780. The summed E-state index contributed by atoms with van der Waals surface area (Å²) in [6.45, 7) is 3.45. The highest BCUT2D eigenvalue weighted by Crippen LogP contribution is 2.28. The van der Waals surface area contributed by atoms with Gasteiger partial charge in [0.2, 0.25) is 5.91 Å². The van der Waals surface area contributed by atoms with Crippen LogP contribution in [0.1, 0.15) is 32.6 Å². The minimum atomic E-state index is 0.136. The van der Waals surface area contributed by atoms with E-state index in [0.717, 1.165) is 25.1 Å². The van der Waals surface area contributed by atoms with Crippen molar-refractivity contribution in [3.8, 4) is 0 Å². The number of nitrogens with zero attached hydrogens (tertiary/aromatic N) is 2. The van der Waals surface area contributed by atoms with Gasteiger partial charge < -0.3 is 10.2 Å². The van der Waals surface area contributed by atoms with E-state index < -0.39 is 0 Å². The van der Waals surface area contributed by atoms with Gasteiger partial charge in [0.1, 0.15) is 0 Å². The fourth-order valence-corrected chi connectivity index (χ4v) is 3.21. The van der Waals surface area contributed by atoms with Gasteiger partial charge in [-0.2, -0.15) is 0 Å². The van der Waals surface area contributed by atoms with Crippen LogP contribution in [0, 0.1) is 5.92 Å². The third-order valence-corrected chi connectivity index (χ3v) is 4.71. The largest absolute Gasteiger partial charge is 0.313 e. The van der Waals surface area contributed by atoms with Crippen LogP contribution in [0.2, 0.25) is 0 Å². The Bertz CT molecular complexity index is 557. The Balaban J connectivity index is 2.06. The topological polar surface area (TPSA) is 35.6 Å². The molecule has 0 bridgehead atoms. The Hall–Kier alpha value is -1.65. The Morgan fingerprint density at radius 2 is 2.12 bits per heavy atom. The van der Waals surface area contributed by atoms with Gasteiger partial charge in [0.25, 0.3) is 0 Å². The molecule has 2 rings (SSSR count). The molecule has 2 aliphatic rings.